The van der Waals surface area contributed by atoms with Gasteiger partial charge in [-0.05, 0) is 13.8 Å². The Morgan fingerprint density at radius 1 is 1.17 bits per heavy atom. The second-order valence-electron chi connectivity index (χ2n) is 3.36. The molecule has 2 atom stereocenters. The molecule has 0 saturated carbocycles. The lowest BCUT2D eigenvalue weighted by Crippen LogP contribution is -2.38. The van der Waals surface area contributed by atoms with Crippen LogP contribution in [0.5, 0.6) is 0 Å². The minimum Gasteiger partial charge on any atom is -0.458 e. The van der Waals surface area contributed by atoms with Crippen molar-refractivity contribution in [3.63, 3.8) is 0 Å². The van der Waals surface area contributed by atoms with Gasteiger partial charge in [-0.3, -0.25) is 0 Å². The van der Waals surface area contributed by atoms with Gasteiger partial charge in [-0.2, -0.15) is 0 Å². The van der Waals surface area contributed by atoms with Gasteiger partial charge in [0.15, 0.2) is 6.10 Å². The van der Waals surface area contributed by atoms with Crippen molar-refractivity contribution in [1.29, 1.82) is 0 Å². The number of aliphatic hydroxyl groups is 2. The second kappa shape index (κ2) is 9.38. The fourth-order valence-electron chi connectivity index (χ4n) is 1.01. The number of hydrogen-bond donors (Lipinski definition) is 2. The first-order valence-corrected chi connectivity index (χ1v) is 5.46. The maximum Gasteiger partial charge on any atom is 0.330 e. The van der Waals surface area contributed by atoms with Crippen molar-refractivity contribution < 1.29 is 29.3 Å². The minimum atomic E-state index is -1.31. The second-order valence-corrected chi connectivity index (χ2v) is 3.36. The summed E-state index contributed by atoms with van der Waals surface area (Å²) in [6, 6.07) is 0. The van der Waals surface area contributed by atoms with Gasteiger partial charge in [0.25, 0.3) is 0 Å². The van der Waals surface area contributed by atoms with E-state index in [1.165, 1.54) is 18.2 Å². The Hall–Kier alpha value is -1.66. The average Bonchev–Trinajstić information content (AvgIpc) is 2.34. The van der Waals surface area contributed by atoms with E-state index in [0.29, 0.717) is 0 Å². The van der Waals surface area contributed by atoms with Gasteiger partial charge in [0.05, 0.1) is 6.61 Å². The van der Waals surface area contributed by atoms with E-state index >= 15 is 0 Å². The van der Waals surface area contributed by atoms with Crippen LogP contribution in [0, 0.1) is 0 Å². The fourth-order valence-corrected chi connectivity index (χ4v) is 1.01. The maximum atomic E-state index is 11.2. The van der Waals surface area contributed by atoms with Gasteiger partial charge in [-0.15, -0.1) is 0 Å². The van der Waals surface area contributed by atoms with Crippen LogP contribution in [0.25, 0.3) is 0 Å². The molecule has 0 aromatic heterocycles. The third-order valence-corrected chi connectivity index (χ3v) is 1.88. The molecule has 0 saturated heterocycles. The lowest BCUT2D eigenvalue weighted by Gasteiger charge is -2.20. The number of hydrogen-bond acceptors (Lipinski definition) is 6. The first kappa shape index (κ1) is 16.3. The summed E-state index contributed by atoms with van der Waals surface area (Å²) in [5.41, 5.74) is 0. The molecular formula is C12H18O6. The van der Waals surface area contributed by atoms with Crippen molar-refractivity contribution in [1.82, 2.24) is 0 Å². The zero-order chi connectivity index (χ0) is 14.0. The highest BCUT2D eigenvalue weighted by Crippen LogP contribution is 2.02. The Morgan fingerprint density at radius 2 is 1.72 bits per heavy atom. The Bertz CT molecular complexity index is 321. The van der Waals surface area contributed by atoms with Crippen LogP contribution in [-0.2, 0) is 19.1 Å². The van der Waals surface area contributed by atoms with Gasteiger partial charge in [0.2, 0.25) is 0 Å². The third kappa shape index (κ3) is 6.82. The predicted octanol–water partition coefficient (Wildman–Crippen LogP) is -0.0532. The van der Waals surface area contributed by atoms with E-state index in [-0.39, 0.29) is 6.61 Å². The molecular weight excluding hydrogens is 240 g/mol. The van der Waals surface area contributed by atoms with Gasteiger partial charge in [-0.25, -0.2) is 9.59 Å². The van der Waals surface area contributed by atoms with E-state index in [2.05, 4.69) is 0 Å². The van der Waals surface area contributed by atoms with Gasteiger partial charge >= 0.3 is 11.9 Å². The van der Waals surface area contributed by atoms with Gasteiger partial charge in [-0.1, -0.05) is 12.2 Å². The molecule has 6 nitrogen and oxygen atoms in total. The third-order valence-electron chi connectivity index (χ3n) is 1.88. The first-order valence-electron chi connectivity index (χ1n) is 5.46. The summed E-state index contributed by atoms with van der Waals surface area (Å²) < 4.78 is 9.58. The Kier molecular flexibility index (Phi) is 8.51. The van der Waals surface area contributed by atoms with Crippen LogP contribution in [0.4, 0.5) is 0 Å². The van der Waals surface area contributed by atoms with E-state index in [1.807, 2.05) is 0 Å². The number of carbonyl (C=O) groups is 2. The Morgan fingerprint density at radius 3 is 2.22 bits per heavy atom. The van der Waals surface area contributed by atoms with Gasteiger partial charge in [0.1, 0.15) is 12.7 Å². The molecule has 0 heterocycles. The van der Waals surface area contributed by atoms with E-state index in [0.717, 1.165) is 6.08 Å². The largest absolute Gasteiger partial charge is 0.458 e. The molecule has 0 rings (SSSR count). The molecule has 0 aliphatic carbocycles. The van der Waals surface area contributed by atoms with Crippen molar-refractivity contribution in [2.24, 2.45) is 0 Å². The Balaban J connectivity index is 4.40. The molecule has 102 valence electrons. The molecule has 0 bridgehead atoms. The van der Waals surface area contributed by atoms with Crippen LogP contribution >= 0.6 is 0 Å². The summed E-state index contributed by atoms with van der Waals surface area (Å²) in [5.74, 6) is -1.30. The molecule has 0 radical (unpaired) electrons. The van der Waals surface area contributed by atoms with Crippen LogP contribution in [0.1, 0.15) is 13.8 Å². The number of aliphatic hydroxyl groups excluding tert-OH is 2. The quantitative estimate of drug-likeness (QED) is 0.491. The van der Waals surface area contributed by atoms with E-state index in [1.54, 1.807) is 13.8 Å². The summed E-state index contributed by atoms with van der Waals surface area (Å²) in [4.78, 5) is 22.3. The molecule has 0 aromatic carbocycles. The number of rotatable bonds is 7. The van der Waals surface area contributed by atoms with E-state index in [4.69, 9.17) is 14.6 Å². The van der Waals surface area contributed by atoms with Crippen molar-refractivity contribution in [3.8, 4) is 0 Å². The monoisotopic (exact) mass is 258 g/mol. The van der Waals surface area contributed by atoms with E-state index < -0.39 is 30.8 Å². The lowest BCUT2D eigenvalue weighted by molar-refractivity contribution is -0.161. The average molecular weight is 258 g/mol. The summed E-state index contributed by atoms with van der Waals surface area (Å²) >= 11 is 0. The highest BCUT2D eigenvalue weighted by molar-refractivity contribution is 5.82. The van der Waals surface area contributed by atoms with Crippen LogP contribution < -0.4 is 0 Å². The molecule has 0 fully saturated rings. The topological polar surface area (TPSA) is 93.1 Å². The molecule has 2 unspecified atom stereocenters. The highest BCUT2D eigenvalue weighted by Gasteiger charge is 2.23. The molecule has 18 heavy (non-hydrogen) atoms. The molecule has 0 aliphatic rings. The van der Waals surface area contributed by atoms with Gasteiger partial charge in [0, 0.05) is 12.2 Å². The van der Waals surface area contributed by atoms with Crippen LogP contribution in [0.3, 0.4) is 0 Å². The minimum absolute atomic E-state index is 0.325. The van der Waals surface area contributed by atoms with Gasteiger partial charge < -0.3 is 19.7 Å². The number of allylic oxidation sites excluding steroid dienone is 2. The molecule has 0 spiro atoms. The van der Waals surface area contributed by atoms with Crippen LogP contribution in [0.2, 0.25) is 0 Å². The molecule has 2 N–H and O–H groups in total. The highest BCUT2D eigenvalue weighted by atomic mass is 16.6. The van der Waals surface area contributed by atoms with Crippen molar-refractivity contribution in [3.05, 3.63) is 24.3 Å². The fraction of sp³-hybridized carbons (Fsp3) is 0.500. The zero-order valence-electron chi connectivity index (χ0n) is 10.4. The van der Waals surface area contributed by atoms with E-state index in [9.17, 15) is 14.7 Å². The summed E-state index contributed by atoms with van der Waals surface area (Å²) in [6.07, 6.45) is 2.90. The number of ether oxygens (including phenoxy) is 2. The summed E-state index contributed by atoms with van der Waals surface area (Å²) in [5, 5.41) is 18.2. The normalized spacial score (nSPS) is 14.7. The van der Waals surface area contributed by atoms with Crippen molar-refractivity contribution in [2.45, 2.75) is 26.1 Å². The maximum absolute atomic E-state index is 11.2. The van der Waals surface area contributed by atoms with Crippen LogP contribution in [0.15, 0.2) is 24.3 Å². The SMILES string of the molecule is C/C=C\C(=O)OCC(OC(=O)/C=C\C)C(O)CO. The zero-order valence-corrected chi connectivity index (χ0v) is 10.4. The summed E-state index contributed by atoms with van der Waals surface area (Å²) in [7, 11) is 0. The number of carbonyl (C=O) groups excluding carboxylic acids is 2. The molecule has 6 heteroatoms. The molecule has 0 aliphatic heterocycles. The first-order chi connectivity index (χ1) is 8.54. The van der Waals surface area contributed by atoms with Crippen molar-refractivity contribution >= 4 is 11.9 Å². The van der Waals surface area contributed by atoms with Crippen LogP contribution in [-0.4, -0.2) is 47.6 Å². The smallest absolute Gasteiger partial charge is 0.330 e. The lowest BCUT2D eigenvalue weighted by atomic mass is 10.2. The predicted molar refractivity (Wildman–Crippen MR) is 63.6 cm³/mol. The number of esters is 2. The molecule has 0 aromatic rings. The standard InChI is InChI=1S/C12H18O6/c1-3-5-11(15)17-8-10(9(14)7-13)18-12(16)6-4-2/h3-6,9-10,13-14H,7-8H2,1-2H3/b5-3-,6-4-. The molecule has 0 amide bonds. The Labute approximate surface area is 106 Å². The summed E-state index contributed by atoms with van der Waals surface area (Å²) in [6.45, 7) is 2.35. The van der Waals surface area contributed by atoms with Crippen molar-refractivity contribution in [2.75, 3.05) is 13.2 Å².